The molecule has 0 spiro atoms. The molecule has 2 N–H and O–H groups in total. The third kappa shape index (κ3) is 2.90. The summed E-state index contributed by atoms with van der Waals surface area (Å²) in [6.45, 7) is 0. The minimum atomic E-state index is 0.0253. The van der Waals surface area contributed by atoms with Crippen LogP contribution in [-0.2, 0) is 6.42 Å². The van der Waals surface area contributed by atoms with E-state index in [9.17, 15) is 0 Å². The van der Waals surface area contributed by atoms with Gasteiger partial charge in [-0.15, -0.1) is 0 Å². The van der Waals surface area contributed by atoms with Crippen molar-refractivity contribution in [2.24, 2.45) is 5.73 Å². The van der Waals surface area contributed by atoms with E-state index >= 15 is 0 Å². The van der Waals surface area contributed by atoms with Crippen LogP contribution in [0.5, 0.6) is 0 Å². The highest BCUT2D eigenvalue weighted by atomic mass is 79.9. The number of rotatable bonds is 3. The van der Waals surface area contributed by atoms with Gasteiger partial charge in [0.25, 0.3) is 0 Å². The number of halogens is 1. The van der Waals surface area contributed by atoms with Crippen LogP contribution in [-0.4, -0.2) is 4.98 Å². The Morgan fingerprint density at radius 1 is 1.19 bits per heavy atom. The Kier molecular flexibility index (Phi) is 3.70. The summed E-state index contributed by atoms with van der Waals surface area (Å²) in [5.74, 6) is 0. The zero-order valence-electron chi connectivity index (χ0n) is 8.81. The number of pyridine rings is 1. The number of nitrogens with zero attached hydrogens (tertiary/aromatic N) is 1. The van der Waals surface area contributed by atoms with Crippen molar-refractivity contribution in [2.45, 2.75) is 12.5 Å². The van der Waals surface area contributed by atoms with Crippen LogP contribution >= 0.6 is 15.9 Å². The van der Waals surface area contributed by atoms with Gasteiger partial charge < -0.3 is 5.73 Å². The van der Waals surface area contributed by atoms with E-state index in [0.29, 0.717) is 0 Å². The van der Waals surface area contributed by atoms with Crippen LogP contribution in [0.1, 0.15) is 17.2 Å². The number of aromatic nitrogens is 1. The van der Waals surface area contributed by atoms with Gasteiger partial charge in [0.05, 0.1) is 0 Å². The zero-order valence-corrected chi connectivity index (χ0v) is 10.4. The highest BCUT2D eigenvalue weighted by molar-refractivity contribution is 9.10. The Labute approximate surface area is 104 Å². The molecule has 82 valence electrons. The lowest BCUT2D eigenvalue weighted by Gasteiger charge is -2.11. The normalized spacial score (nSPS) is 12.4. The van der Waals surface area contributed by atoms with Crippen molar-refractivity contribution in [3.05, 3.63) is 64.4 Å². The second kappa shape index (κ2) is 5.23. The first-order valence-corrected chi connectivity index (χ1v) is 5.95. The van der Waals surface area contributed by atoms with Gasteiger partial charge >= 0.3 is 0 Å². The first kappa shape index (κ1) is 11.3. The molecule has 16 heavy (non-hydrogen) atoms. The van der Waals surface area contributed by atoms with E-state index in [0.717, 1.165) is 22.0 Å². The third-order valence-corrected chi connectivity index (χ3v) is 3.01. The van der Waals surface area contributed by atoms with E-state index in [1.54, 1.807) is 6.20 Å². The molecule has 0 aliphatic carbocycles. The van der Waals surface area contributed by atoms with Crippen molar-refractivity contribution in [3.8, 4) is 0 Å². The summed E-state index contributed by atoms with van der Waals surface area (Å²) in [5, 5.41) is 0. The van der Waals surface area contributed by atoms with Crippen molar-refractivity contribution in [1.29, 1.82) is 0 Å². The lowest BCUT2D eigenvalue weighted by Crippen LogP contribution is -2.13. The van der Waals surface area contributed by atoms with Gasteiger partial charge in [-0.25, -0.2) is 0 Å². The minimum absolute atomic E-state index is 0.0253. The quantitative estimate of drug-likeness (QED) is 0.936. The topological polar surface area (TPSA) is 38.9 Å². The molecule has 1 atom stereocenters. The van der Waals surface area contributed by atoms with Gasteiger partial charge in [0, 0.05) is 22.9 Å². The maximum absolute atomic E-state index is 6.13. The maximum Gasteiger partial charge on any atom is 0.0336 e. The summed E-state index contributed by atoms with van der Waals surface area (Å²) in [6, 6.07) is 12.1. The molecule has 1 aromatic carbocycles. The van der Waals surface area contributed by atoms with Gasteiger partial charge in [-0.05, 0) is 35.7 Å². The average molecular weight is 277 g/mol. The van der Waals surface area contributed by atoms with Crippen LogP contribution in [0, 0.1) is 0 Å². The zero-order chi connectivity index (χ0) is 11.4. The van der Waals surface area contributed by atoms with Crippen molar-refractivity contribution in [2.75, 3.05) is 0 Å². The van der Waals surface area contributed by atoms with Crippen LogP contribution in [0.3, 0.4) is 0 Å². The van der Waals surface area contributed by atoms with Crippen LogP contribution in [0.25, 0.3) is 0 Å². The smallest absolute Gasteiger partial charge is 0.0336 e. The Morgan fingerprint density at radius 3 is 2.56 bits per heavy atom. The lowest BCUT2D eigenvalue weighted by molar-refractivity contribution is 0.719. The van der Waals surface area contributed by atoms with E-state index in [1.807, 2.05) is 42.6 Å². The highest BCUT2D eigenvalue weighted by Crippen LogP contribution is 2.18. The van der Waals surface area contributed by atoms with Gasteiger partial charge in [-0.2, -0.15) is 0 Å². The predicted molar refractivity (Wildman–Crippen MR) is 69.0 cm³/mol. The average Bonchev–Trinajstić information content (AvgIpc) is 2.31. The van der Waals surface area contributed by atoms with E-state index < -0.39 is 0 Å². The fourth-order valence-electron chi connectivity index (χ4n) is 1.60. The number of hydrogen-bond donors (Lipinski definition) is 1. The SMILES string of the molecule is NC(Cc1cccnc1)c1ccc(Br)cc1. The molecule has 3 heteroatoms. The van der Waals surface area contributed by atoms with Gasteiger partial charge in [0.2, 0.25) is 0 Å². The number of nitrogens with two attached hydrogens (primary N) is 1. The molecule has 0 amide bonds. The molecule has 0 bridgehead atoms. The summed E-state index contributed by atoms with van der Waals surface area (Å²) in [6.07, 6.45) is 4.45. The molecule has 0 saturated heterocycles. The summed E-state index contributed by atoms with van der Waals surface area (Å²) < 4.78 is 1.07. The Morgan fingerprint density at radius 2 is 1.94 bits per heavy atom. The minimum Gasteiger partial charge on any atom is -0.324 e. The van der Waals surface area contributed by atoms with E-state index in [4.69, 9.17) is 5.73 Å². The standard InChI is InChI=1S/C13H13BrN2/c14-12-5-3-11(4-6-12)13(15)8-10-2-1-7-16-9-10/h1-7,9,13H,8,15H2. The first-order chi connectivity index (χ1) is 7.75. The lowest BCUT2D eigenvalue weighted by atomic mass is 10.0. The van der Waals surface area contributed by atoms with Crippen molar-refractivity contribution < 1.29 is 0 Å². The third-order valence-electron chi connectivity index (χ3n) is 2.48. The van der Waals surface area contributed by atoms with Crippen LogP contribution < -0.4 is 5.73 Å². The molecule has 0 saturated carbocycles. The molecule has 2 aromatic rings. The van der Waals surface area contributed by atoms with E-state index in [1.165, 1.54) is 0 Å². The molecule has 0 fully saturated rings. The first-order valence-electron chi connectivity index (χ1n) is 5.15. The summed E-state index contributed by atoms with van der Waals surface area (Å²) in [4.78, 5) is 4.08. The van der Waals surface area contributed by atoms with Gasteiger partial charge in [-0.3, -0.25) is 4.98 Å². The van der Waals surface area contributed by atoms with Gasteiger partial charge in [-0.1, -0.05) is 34.1 Å². The molecule has 0 radical (unpaired) electrons. The largest absolute Gasteiger partial charge is 0.324 e. The fourth-order valence-corrected chi connectivity index (χ4v) is 1.86. The van der Waals surface area contributed by atoms with Crippen molar-refractivity contribution in [3.63, 3.8) is 0 Å². The second-order valence-electron chi connectivity index (χ2n) is 3.72. The van der Waals surface area contributed by atoms with Gasteiger partial charge in [0.1, 0.15) is 0 Å². The van der Waals surface area contributed by atoms with Gasteiger partial charge in [0.15, 0.2) is 0 Å². The summed E-state index contributed by atoms with van der Waals surface area (Å²) in [5.41, 5.74) is 8.44. The molecular formula is C13H13BrN2. The predicted octanol–water partition coefficient (Wildman–Crippen LogP) is 3.09. The molecule has 0 aliphatic rings. The summed E-state index contributed by atoms with van der Waals surface area (Å²) >= 11 is 3.41. The van der Waals surface area contributed by atoms with Crippen LogP contribution in [0.4, 0.5) is 0 Å². The maximum atomic E-state index is 6.13. The molecule has 2 rings (SSSR count). The summed E-state index contributed by atoms with van der Waals surface area (Å²) in [7, 11) is 0. The van der Waals surface area contributed by atoms with E-state index in [-0.39, 0.29) is 6.04 Å². The van der Waals surface area contributed by atoms with E-state index in [2.05, 4.69) is 20.9 Å². The molecular weight excluding hydrogens is 264 g/mol. The highest BCUT2D eigenvalue weighted by Gasteiger charge is 2.06. The second-order valence-corrected chi connectivity index (χ2v) is 4.64. The molecule has 1 heterocycles. The Balaban J connectivity index is 2.09. The monoisotopic (exact) mass is 276 g/mol. The molecule has 1 unspecified atom stereocenters. The molecule has 2 nitrogen and oxygen atoms in total. The van der Waals surface area contributed by atoms with Crippen molar-refractivity contribution >= 4 is 15.9 Å². The Hall–Kier alpha value is -1.19. The Bertz CT molecular complexity index is 439. The fraction of sp³-hybridized carbons (Fsp3) is 0.154. The number of benzene rings is 1. The number of hydrogen-bond acceptors (Lipinski definition) is 2. The molecule has 0 aliphatic heterocycles. The van der Waals surface area contributed by atoms with Crippen LogP contribution in [0.2, 0.25) is 0 Å². The van der Waals surface area contributed by atoms with Crippen molar-refractivity contribution in [1.82, 2.24) is 4.98 Å². The molecule has 1 aromatic heterocycles. The van der Waals surface area contributed by atoms with Crippen LogP contribution in [0.15, 0.2) is 53.3 Å².